The highest BCUT2D eigenvalue weighted by molar-refractivity contribution is 5.44. The molecule has 0 radical (unpaired) electrons. The Hall–Kier alpha value is -0.640. The van der Waals surface area contributed by atoms with Crippen molar-refractivity contribution < 1.29 is 15.3 Å². The van der Waals surface area contributed by atoms with Crippen molar-refractivity contribution in [3.05, 3.63) is 22.8 Å². The van der Waals surface area contributed by atoms with E-state index >= 15 is 0 Å². The minimum atomic E-state index is -0.774. The molecule has 3 N–H and O–H groups in total. The molecule has 5 atom stereocenters. The van der Waals surface area contributed by atoms with E-state index in [4.69, 9.17) is 0 Å². The first-order valence-electron chi connectivity index (χ1n) is 9.16. The molecule has 0 spiro atoms. The summed E-state index contributed by atoms with van der Waals surface area (Å²) in [5, 5.41) is 31.2. The summed E-state index contributed by atoms with van der Waals surface area (Å²) in [6.45, 7) is 8.94. The van der Waals surface area contributed by atoms with Gasteiger partial charge in [-0.2, -0.15) is 0 Å². The zero-order valence-electron chi connectivity index (χ0n) is 15.0. The molecule has 0 amide bonds. The standard InChI is InChI=1S/C20H32O3/c1-12(2)16-18(23)17(22)15-10-14-13(11-21)6-5-7-19(14,3)8-9-20(15,16)4/h10,12,16-18,21-23H,5-9,11H2,1-4H3. The molecule has 3 heteroatoms. The topological polar surface area (TPSA) is 60.7 Å². The van der Waals surface area contributed by atoms with Crippen LogP contribution in [0.15, 0.2) is 22.8 Å². The van der Waals surface area contributed by atoms with Crippen LogP contribution in [-0.4, -0.2) is 34.1 Å². The van der Waals surface area contributed by atoms with E-state index < -0.39 is 12.2 Å². The van der Waals surface area contributed by atoms with Crippen LogP contribution in [0.2, 0.25) is 0 Å². The summed E-state index contributed by atoms with van der Waals surface area (Å²) in [5.74, 6) is 0.417. The van der Waals surface area contributed by atoms with Crippen LogP contribution in [0.25, 0.3) is 0 Å². The molecule has 0 aromatic carbocycles. The number of aliphatic hydroxyl groups is 3. The minimum absolute atomic E-state index is 0.0886. The van der Waals surface area contributed by atoms with Crippen molar-refractivity contribution in [3.8, 4) is 0 Å². The first kappa shape index (κ1) is 17.2. The molecule has 0 aromatic heterocycles. The minimum Gasteiger partial charge on any atom is -0.392 e. The molecule has 0 aromatic rings. The lowest BCUT2D eigenvalue weighted by molar-refractivity contribution is -0.00133. The molecule has 5 unspecified atom stereocenters. The molecular weight excluding hydrogens is 288 g/mol. The van der Waals surface area contributed by atoms with Crippen LogP contribution in [0.4, 0.5) is 0 Å². The number of aliphatic hydroxyl groups excluding tert-OH is 3. The summed E-state index contributed by atoms with van der Waals surface area (Å²) in [6, 6.07) is 0. The van der Waals surface area contributed by atoms with Gasteiger partial charge in [0.15, 0.2) is 0 Å². The molecule has 1 fully saturated rings. The van der Waals surface area contributed by atoms with E-state index in [0.717, 1.165) is 43.3 Å². The quantitative estimate of drug-likeness (QED) is 0.732. The zero-order valence-corrected chi connectivity index (χ0v) is 15.0. The highest BCUT2D eigenvalue weighted by atomic mass is 16.3. The summed E-state index contributed by atoms with van der Waals surface area (Å²) in [7, 11) is 0. The normalized spacial score (nSPS) is 44.0. The molecule has 130 valence electrons. The molecule has 3 aliphatic carbocycles. The predicted molar refractivity (Wildman–Crippen MR) is 91.8 cm³/mol. The zero-order chi connectivity index (χ0) is 17.0. The Balaban J connectivity index is 2.16. The summed E-state index contributed by atoms with van der Waals surface area (Å²) in [6.07, 6.45) is 5.99. The summed E-state index contributed by atoms with van der Waals surface area (Å²) >= 11 is 0. The van der Waals surface area contributed by atoms with Gasteiger partial charge in [-0.25, -0.2) is 0 Å². The average molecular weight is 320 g/mol. The highest BCUT2D eigenvalue weighted by Gasteiger charge is 2.56. The van der Waals surface area contributed by atoms with Crippen molar-refractivity contribution in [2.24, 2.45) is 22.7 Å². The van der Waals surface area contributed by atoms with Crippen molar-refractivity contribution in [1.29, 1.82) is 0 Å². The van der Waals surface area contributed by atoms with Crippen LogP contribution < -0.4 is 0 Å². The lowest BCUT2D eigenvalue weighted by Crippen LogP contribution is -2.35. The molecule has 0 bridgehead atoms. The molecule has 3 nitrogen and oxygen atoms in total. The third-order valence-electron chi connectivity index (χ3n) is 7.05. The van der Waals surface area contributed by atoms with E-state index in [1.165, 1.54) is 5.57 Å². The molecular formula is C20H32O3. The van der Waals surface area contributed by atoms with E-state index in [1.807, 2.05) is 0 Å². The van der Waals surface area contributed by atoms with Crippen LogP contribution in [0.3, 0.4) is 0 Å². The van der Waals surface area contributed by atoms with Crippen molar-refractivity contribution >= 4 is 0 Å². The second-order valence-corrected chi connectivity index (χ2v) is 8.81. The number of allylic oxidation sites excluding steroid dienone is 2. The van der Waals surface area contributed by atoms with Crippen molar-refractivity contribution in [1.82, 2.24) is 0 Å². The molecule has 0 saturated heterocycles. The van der Waals surface area contributed by atoms with Crippen molar-refractivity contribution in [3.63, 3.8) is 0 Å². The molecule has 3 rings (SSSR count). The van der Waals surface area contributed by atoms with Crippen LogP contribution >= 0.6 is 0 Å². The fourth-order valence-corrected chi connectivity index (χ4v) is 5.76. The van der Waals surface area contributed by atoms with E-state index in [0.29, 0.717) is 5.92 Å². The Morgan fingerprint density at radius 3 is 2.48 bits per heavy atom. The Bertz CT molecular complexity index is 547. The Morgan fingerprint density at radius 1 is 1.17 bits per heavy atom. The van der Waals surface area contributed by atoms with E-state index in [1.54, 1.807) is 0 Å². The van der Waals surface area contributed by atoms with Gasteiger partial charge in [-0.3, -0.25) is 0 Å². The van der Waals surface area contributed by atoms with Crippen LogP contribution in [0.5, 0.6) is 0 Å². The van der Waals surface area contributed by atoms with Crippen LogP contribution in [0, 0.1) is 22.7 Å². The first-order chi connectivity index (χ1) is 10.7. The van der Waals surface area contributed by atoms with Gasteiger partial charge >= 0.3 is 0 Å². The first-order valence-corrected chi connectivity index (χ1v) is 9.16. The van der Waals surface area contributed by atoms with Gasteiger partial charge in [-0.1, -0.05) is 33.8 Å². The summed E-state index contributed by atoms with van der Waals surface area (Å²) in [4.78, 5) is 0. The van der Waals surface area contributed by atoms with Gasteiger partial charge in [0.05, 0.1) is 12.7 Å². The van der Waals surface area contributed by atoms with Gasteiger partial charge in [-0.05, 0) is 71.5 Å². The average Bonchev–Trinajstić information content (AvgIpc) is 2.60. The van der Waals surface area contributed by atoms with Crippen molar-refractivity contribution in [2.75, 3.05) is 6.61 Å². The molecule has 1 saturated carbocycles. The molecule has 0 heterocycles. The van der Waals surface area contributed by atoms with Gasteiger partial charge in [0, 0.05) is 0 Å². The smallest absolute Gasteiger partial charge is 0.102 e. The Labute approximate surface area is 140 Å². The maximum Gasteiger partial charge on any atom is 0.102 e. The van der Waals surface area contributed by atoms with Gasteiger partial charge in [-0.15, -0.1) is 0 Å². The van der Waals surface area contributed by atoms with Crippen molar-refractivity contribution in [2.45, 2.75) is 72.0 Å². The van der Waals surface area contributed by atoms with Gasteiger partial charge in [0.1, 0.15) is 6.10 Å². The number of rotatable bonds is 2. The third kappa shape index (κ3) is 2.43. The SMILES string of the molecule is CC(C)C1C(O)C(O)C2=CC3=C(CO)CCCC3(C)CCC21C. The highest BCUT2D eigenvalue weighted by Crippen LogP contribution is 2.59. The predicted octanol–water partition coefficient (Wildman–Crippen LogP) is 3.20. The largest absolute Gasteiger partial charge is 0.392 e. The maximum absolute atomic E-state index is 10.7. The Morgan fingerprint density at radius 2 is 1.87 bits per heavy atom. The Kier molecular flexibility index (Phi) is 4.27. The maximum atomic E-state index is 10.7. The molecule has 3 aliphatic rings. The number of hydrogen-bond acceptors (Lipinski definition) is 3. The second-order valence-electron chi connectivity index (χ2n) is 8.81. The fourth-order valence-electron chi connectivity index (χ4n) is 5.76. The van der Waals surface area contributed by atoms with E-state index in [2.05, 4.69) is 33.8 Å². The van der Waals surface area contributed by atoms with Gasteiger partial charge < -0.3 is 15.3 Å². The summed E-state index contributed by atoms with van der Waals surface area (Å²) in [5.41, 5.74) is 3.31. The lowest BCUT2D eigenvalue weighted by Gasteiger charge is -2.39. The number of fused-ring (bicyclic) bond motifs is 2. The lowest BCUT2D eigenvalue weighted by atomic mass is 9.66. The van der Waals surface area contributed by atoms with E-state index in [-0.39, 0.29) is 23.4 Å². The van der Waals surface area contributed by atoms with E-state index in [9.17, 15) is 15.3 Å². The number of hydrogen-bond donors (Lipinski definition) is 3. The monoisotopic (exact) mass is 320 g/mol. The molecule has 0 aliphatic heterocycles. The third-order valence-corrected chi connectivity index (χ3v) is 7.05. The van der Waals surface area contributed by atoms with Gasteiger partial charge in [0.2, 0.25) is 0 Å². The second kappa shape index (κ2) is 5.72. The summed E-state index contributed by atoms with van der Waals surface area (Å²) < 4.78 is 0. The van der Waals surface area contributed by atoms with Crippen LogP contribution in [-0.2, 0) is 0 Å². The molecule has 23 heavy (non-hydrogen) atoms. The van der Waals surface area contributed by atoms with Gasteiger partial charge in [0.25, 0.3) is 0 Å². The fraction of sp³-hybridized carbons (Fsp3) is 0.800. The van der Waals surface area contributed by atoms with Crippen LogP contribution in [0.1, 0.15) is 59.8 Å².